The third-order valence-electron chi connectivity index (χ3n) is 6.73. The van der Waals surface area contributed by atoms with Gasteiger partial charge >= 0.3 is 241 Å². The van der Waals surface area contributed by atoms with Crippen molar-refractivity contribution in [2.24, 2.45) is 0 Å². The van der Waals surface area contributed by atoms with Crippen LogP contribution in [-0.2, 0) is 12.7 Å². The summed E-state index contributed by atoms with van der Waals surface area (Å²) in [5.74, 6) is -0.0296. The van der Waals surface area contributed by atoms with E-state index in [9.17, 15) is 26.7 Å². The number of imidazole rings is 1. The van der Waals surface area contributed by atoms with Crippen molar-refractivity contribution in [1.29, 1.82) is 0 Å². The topological polar surface area (TPSA) is 101 Å². The van der Waals surface area contributed by atoms with E-state index in [1.165, 1.54) is 21.4 Å². The Balaban J connectivity index is 1.41. The van der Waals surface area contributed by atoms with Crippen LogP contribution in [-0.4, -0.2) is 55.2 Å². The number of hydrogen-bond acceptors (Lipinski definition) is 7. The molecule has 5 aromatic heterocycles. The summed E-state index contributed by atoms with van der Waals surface area (Å²) >= 11 is -0.428. The molecular formula is C27H22F5N7O2Se. The van der Waals surface area contributed by atoms with Crippen LogP contribution in [0.3, 0.4) is 0 Å². The Bertz CT molecular complexity index is 1840. The SMILES string of the molecule is CC(C)n1cc(C(F)(F)F)nc1-c1ccc(Cn2c(=O)ccc3cnc(-c4c(OC(F)F)ncnc4C4CC4)nc32)[se]1. The second kappa shape index (κ2) is 10.7. The summed E-state index contributed by atoms with van der Waals surface area (Å²) in [4.78, 5) is 34.1. The van der Waals surface area contributed by atoms with Crippen molar-refractivity contribution in [1.82, 2.24) is 34.1 Å². The summed E-state index contributed by atoms with van der Waals surface area (Å²) in [6, 6.07) is 6.19. The second-order valence-corrected chi connectivity index (χ2v) is 12.5. The number of hydrogen-bond donors (Lipinski definition) is 0. The van der Waals surface area contributed by atoms with Gasteiger partial charge in [0.25, 0.3) is 0 Å². The first-order chi connectivity index (χ1) is 20.0. The molecule has 0 aromatic carbocycles. The van der Waals surface area contributed by atoms with Crippen LogP contribution in [0.25, 0.3) is 32.7 Å². The number of nitrogens with zero attached hydrogens (tertiary/aromatic N) is 7. The van der Waals surface area contributed by atoms with Gasteiger partial charge in [-0.15, -0.1) is 0 Å². The molecule has 0 N–H and O–H groups in total. The molecule has 218 valence electrons. The molecule has 5 heterocycles. The fourth-order valence-corrected chi connectivity index (χ4v) is 6.70. The molecule has 0 unspecified atom stereocenters. The third-order valence-corrected chi connectivity index (χ3v) is 8.96. The molecule has 1 aliphatic carbocycles. The summed E-state index contributed by atoms with van der Waals surface area (Å²) < 4.78 is 75.6. The molecule has 0 aliphatic heterocycles. The fourth-order valence-electron chi connectivity index (χ4n) is 4.62. The molecule has 6 rings (SSSR count). The van der Waals surface area contributed by atoms with Gasteiger partial charge in [0, 0.05) is 0 Å². The summed E-state index contributed by atoms with van der Waals surface area (Å²) in [6.07, 6.45) is 0.724. The number of halogens is 5. The van der Waals surface area contributed by atoms with Gasteiger partial charge in [0.15, 0.2) is 0 Å². The Kier molecular flexibility index (Phi) is 7.17. The quantitative estimate of drug-likeness (QED) is 0.166. The first-order valence-electron chi connectivity index (χ1n) is 12.9. The van der Waals surface area contributed by atoms with Crippen molar-refractivity contribution >= 4 is 25.5 Å². The van der Waals surface area contributed by atoms with Gasteiger partial charge in [0.1, 0.15) is 0 Å². The van der Waals surface area contributed by atoms with E-state index in [2.05, 4.69) is 29.7 Å². The van der Waals surface area contributed by atoms with Crippen molar-refractivity contribution in [2.75, 3.05) is 0 Å². The zero-order chi connectivity index (χ0) is 29.8. The molecule has 15 heteroatoms. The Labute approximate surface area is 240 Å². The predicted octanol–water partition coefficient (Wildman–Crippen LogP) is 5.30. The third kappa shape index (κ3) is 5.45. The van der Waals surface area contributed by atoms with E-state index >= 15 is 0 Å². The molecule has 0 radical (unpaired) electrons. The summed E-state index contributed by atoms with van der Waals surface area (Å²) in [5, 5.41) is 0.531. The zero-order valence-corrected chi connectivity index (χ0v) is 23.9. The number of ether oxygens (including phenoxy) is 1. The van der Waals surface area contributed by atoms with E-state index in [0.717, 1.165) is 29.8 Å². The molecule has 0 atom stereocenters. The summed E-state index contributed by atoms with van der Waals surface area (Å²) in [6.45, 7) is 0.544. The number of fused-ring (bicyclic) bond motifs is 1. The van der Waals surface area contributed by atoms with Gasteiger partial charge in [-0.25, -0.2) is 0 Å². The molecule has 0 saturated heterocycles. The minimum absolute atomic E-state index is 0.0346. The van der Waals surface area contributed by atoms with E-state index in [0.29, 0.717) is 15.5 Å². The van der Waals surface area contributed by atoms with E-state index in [1.807, 2.05) is 0 Å². The molecule has 5 aromatic rings. The van der Waals surface area contributed by atoms with Gasteiger partial charge in [-0.05, 0) is 0 Å². The predicted molar refractivity (Wildman–Crippen MR) is 143 cm³/mol. The normalized spacial score (nSPS) is 13.9. The van der Waals surface area contributed by atoms with Gasteiger partial charge in [0.2, 0.25) is 0 Å². The number of rotatable bonds is 8. The number of aromatic nitrogens is 7. The van der Waals surface area contributed by atoms with Crippen LogP contribution in [0, 0.1) is 0 Å². The molecule has 0 spiro atoms. The number of alkyl halides is 5. The first kappa shape index (κ1) is 28.2. The zero-order valence-electron chi connectivity index (χ0n) is 22.1. The molecule has 9 nitrogen and oxygen atoms in total. The standard InChI is InChI=1S/C27H22F5N7O2Se/c1-13(2)38-11-18(27(30,31)32)36-24(38)17-7-6-16(42-17)10-39-19(40)8-5-15-9-33-22(37-23(15)39)20-21(14-3-4-14)34-12-35-25(20)41-26(28)29/h5-9,11-14,26H,3-4,10H2,1-2H3. The molecular weight excluding hydrogens is 628 g/mol. The average molecular weight is 650 g/mol. The van der Waals surface area contributed by atoms with Crippen molar-refractivity contribution in [3.8, 4) is 27.5 Å². The van der Waals surface area contributed by atoms with E-state index in [4.69, 9.17) is 0 Å². The van der Waals surface area contributed by atoms with Gasteiger partial charge in [-0.3, -0.25) is 0 Å². The van der Waals surface area contributed by atoms with Gasteiger partial charge in [-0.2, -0.15) is 0 Å². The van der Waals surface area contributed by atoms with Crippen molar-refractivity contribution in [3.05, 3.63) is 69.2 Å². The number of pyridine rings is 1. The van der Waals surface area contributed by atoms with Crippen LogP contribution in [0.2, 0.25) is 0 Å². The van der Waals surface area contributed by atoms with Gasteiger partial charge in [-0.1, -0.05) is 0 Å². The van der Waals surface area contributed by atoms with E-state index in [-0.39, 0.29) is 52.8 Å². The van der Waals surface area contributed by atoms with Crippen LogP contribution >= 0.6 is 0 Å². The van der Waals surface area contributed by atoms with Gasteiger partial charge < -0.3 is 0 Å². The fraction of sp³-hybridized carbons (Fsp3) is 0.333. The Morgan fingerprint density at radius 1 is 1.07 bits per heavy atom. The van der Waals surface area contributed by atoms with Crippen LogP contribution in [0.15, 0.2) is 47.8 Å². The van der Waals surface area contributed by atoms with Crippen molar-refractivity contribution in [2.45, 2.75) is 58.0 Å². The van der Waals surface area contributed by atoms with E-state index in [1.54, 1.807) is 32.0 Å². The Hall–Kier alpha value is -3.97. The van der Waals surface area contributed by atoms with Crippen LogP contribution in [0.5, 0.6) is 5.88 Å². The van der Waals surface area contributed by atoms with Gasteiger partial charge in [0.05, 0.1) is 0 Å². The average Bonchev–Trinajstić information content (AvgIpc) is 3.48. The summed E-state index contributed by atoms with van der Waals surface area (Å²) in [7, 11) is 0. The monoisotopic (exact) mass is 651 g/mol. The molecule has 0 bridgehead atoms. The summed E-state index contributed by atoms with van der Waals surface area (Å²) in [5.41, 5.74) is -0.416. The molecule has 1 aliphatic rings. The minimum atomic E-state index is -4.58. The first-order valence-corrected chi connectivity index (χ1v) is 14.6. The molecule has 42 heavy (non-hydrogen) atoms. The Morgan fingerprint density at radius 3 is 2.55 bits per heavy atom. The van der Waals surface area contributed by atoms with E-state index < -0.39 is 33.0 Å². The maximum absolute atomic E-state index is 13.4. The second-order valence-electron chi connectivity index (χ2n) is 10.0. The maximum atomic E-state index is 13.4. The van der Waals surface area contributed by atoms with Crippen LogP contribution in [0.4, 0.5) is 22.0 Å². The van der Waals surface area contributed by atoms with Crippen LogP contribution in [0.1, 0.15) is 54.5 Å². The van der Waals surface area contributed by atoms with Crippen molar-refractivity contribution < 1.29 is 26.7 Å². The van der Waals surface area contributed by atoms with Crippen molar-refractivity contribution in [3.63, 3.8) is 0 Å². The molecule has 0 amide bonds. The molecule has 1 saturated carbocycles. The Morgan fingerprint density at radius 2 is 1.86 bits per heavy atom. The molecule has 1 fully saturated rings. The van der Waals surface area contributed by atoms with Crippen LogP contribution < -0.4 is 10.3 Å².